The molecule has 1 rings (SSSR count). The van der Waals surface area contributed by atoms with E-state index in [0.717, 1.165) is 5.56 Å². The summed E-state index contributed by atoms with van der Waals surface area (Å²) in [6.45, 7) is 6.02. The van der Waals surface area contributed by atoms with Crippen molar-refractivity contribution in [2.75, 3.05) is 13.1 Å². The second-order valence-electron chi connectivity index (χ2n) is 5.49. The zero-order chi connectivity index (χ0) is 15.9. The second kappa shape index (κ2) is 7.75. The Labute approximate surface area is 131 Å². The Kier molecular flexibility index (Phi) is 6.33. The molecule has 0 unspecified atom stereocenters. The zero-order valence-electron chi connectivity index (χ0n) is 12.6. The number of benzene rings is 1. The van der Waals surface area contributed by atoms with E-state index in [1.54, 1.807) is 0 Å². The molecule has 0 aromatic heterocycles. The maximum Gasteiger partial charge on any atom is 0.411 e. The molecule has 0 heterocycles. The molecular weight excluding hydrogens is 286 g/mol. The van der Waals surface area contributed by atoms with E-state index in [1.807, 2.05) is 57.2 Å². The van der Waals surface area contributed by atoms with Gasteiger partial charge in [-0.2, -0.15) is 0 Å². The number of hydrogen-bond donors (Lipinski definition) is 0. The van der Waals surface area contributed by atoms with Crippen molar-refractivity contribution in [3.05, 3.63) is 40.9 Å². The maximum atomic E-state index is 12.0. The molecule has 0 saturated carbocycles. The van der Waals surface area contributed by atoms with Crippen molar-refractivity contribution in [2.24, 2.45) is 0 Å². The summed E-state index contributed by atoms with van der Waals surface area (Å²) >= 11 is 6.06. The molecule has 0 bridgehead atoms. The minimum absolute atomic E-state index is 0.196. The van der Waals surface area contributed by atoms with E-state index in [0.29, 0.717) is 11.6 Å². The van der Waals surface area contributed by atoms with Gasteiger partial charge in [-0.15, -0.1) is 6.42 Å². The fourth-order valence-corrected chi connectivity index (χ4v) is 1.76. The predicted molar refractivity (Wildman–Crippen MR) is 87.1 cm³/mol. The summed E-state index contributed by atoms with van der Waals surface area (Å²) in [5, 5.41) is 0.662. The van der Waals surface area contributed by atoms with Gasteiger partial charge in [0.15, 0.2) is 0 Å². The molecule has 4 heteroatoms. The van der Waals surface area contributed by atoms with Gasteiger partial charge in [-0.1, -0.05) is 47.9 Å². The van der Waals surface area contributed by atoms with Crippen molar-refractivity contribution in [1.82, 2.24) is 4.90 Å². The van der Waals surface area contributed by atoms with Crippen LogP contribution in [0, 0.1) is 12.3 Å². The number of carbonyl (C=O) groups excluding carboxylic acids is 1. The Morgan fingerprint density at radius 2 is 2.10 bits per heavy atom. The summed E-state index contributed by atoms with van der Waals surface area (Å²) in [7, 11) is 0. The summed E-state index contributed by atoms with van der Waals surface area (Å²) in [4.78, 5) is 13.5. The summed E-state index contributed by atoms with van der Waals surface area (Å²) in [5.41, 5.74) is 0.347. The molecule has 21 heavy (non-hydrogen) atoms. The predicted octanol–water partition coefficient (Wildman–Crippen LogP) is 4.22. The van der Waals surface area contributed by atoms with E-state index in [9.17, 15) is 4.79 Å². The van der Waals surface area contributed by atoms with Crippen LogP contribution in [0.2, 0.25) is 5.02 Å². The average molecular weight is 306 g/mol. The first-order chi connectivity index (χ1) is 9.83. The molecule has 1 amide bonds. The topological polar surface area (TPSA) is 29.5 Å². The number of rotatable bonds is 4. The highest BCUT2D eigenvalue weighted by Gasteiger charge is 2.20. The standard InChI is InChI=1S/C17H20ClNO2/c1-5-12-19(16(20)21-17(2,3)4)13-8-10-14-9-6-7-11-15(14)18/h1,6-11H,12-13H2,2-4H3. The van der Waals surface area contributed by atoms with Gasteiger partial charge < -0.3 is 4.74 Å². The Morgan fingerprint density at radius 3 is 2.67 bits per heavy atom. The van der Waals surface area contributed by atoms with Gasteiger partial charge in [0.05, 0.1) is 6.54 Å². The molecule has 0 aliphatic carbocycles. The van der Waals surface area contributed by atoms with Gasteiger partial charge in [0, 0.05) is 11.6 Å². The molecule has 112 valence electrons. The Hall–Kier alpha value is -1.92. The molecule has 0 N–H and O–H groups in total. The first-order valence-corrected chi connectivity index (χ1v) is 7.04. The van der Waals surface area contributed by atoms with Crippen LogP contribution >= 0.6 is 11.6 Å². The fraction of sp³-hybridized carbons (Fsp3) is 0.353. The van der Waals surface area contributed by atoms with Gasteiger partial charge in [0.1, 0.15) is 5.60 Å². The smallest absolute Gasteiger partial charge is 0.411 e. The highest BCUT2D eigenvalue weighted by molar-refractivity contribution is 6.32. The van der Waals surface area contributed by atoms with E-state index >= 15 is 0 Å². The van der Waals surface area contributed by atoms with Crippen LogP contribution in [0.3, 0.4) is 0 Å². The van der Waals surface area contributed by atoms with Crippen LogP contribution in [0.15, 0.2) is 30.3 Å². The third-order valence-electron chi connectivity index (χ3n) is 2.46. The monoisotopic (exact) mass is 305 g/mol. The van der Waals surface area contributed by atoms with Crippen molar-refractivity contribution in [1.29, 1.82) is 0 Å². The molecule has 0 spiro atoms. The van der Waals surface area contributed by atoms with Crippen LogP contribution in [-0.2, 0) is 4.74 Å². The number of ether oxygens (including phenoxy) is 1. The zero-order valence-corrected chi connectivity index (χ0v) is 13.4. The Morgan fingerprint density at radius 1 is 1.43 bits per heavy atom. The van der Waals surface area contributed by atoms with Crippen molar-refractivity contribution in [3.63, 3.8) is 0 Å². The second-order valence-corrected chi connectivity index (χ2v) is 5.90. The number of terminal acetylenes is 1. The quantitative estimate of drug-likeness (QED) is 0.779. The molecule has 0 aliphatic heterocycles. The first-order valence-electron chi connectivity index (χ1n) is 6.66. The van der Waals surface area contributed by atoms with E-state index < -0.39 is 11.7 Å². The normalized spacial score (nSPS) is 11.2. The first kappa shape index (κ1) is 17.1. The summed E-state index contributed by atoms with van der Waals surface area (Å²) in [6, 6.07) is 7.48. The van der Waals surface area contributed by atoms with Crippen molar-refractivity contribution < 1.29 is 9.53 Å². The van der Waals surface area contributed by atoms with Gasteiger partial charge in [0.25, 0.3) is 0 Å². The average Bonchev–Trinajstić information content (AvgIpc) is 2.38. The summed E-state index contributed by atoms with van der Waals surface area (Å²) in [6.07, 6.45) is 8.56. The highest BCUT2D eigenvalue weighted by Crippen LogP contribution is 2.16. The number of carbonyl (C=O) groups is 1. The summed E-state index contributed by atoms with van der Waals surface area (Å²) < 4.78 is 5.31. The Bertz CT molecular complexity index is 553. The molecule has 3 nitrogen and oxygen atoms in total. The van der Waals surface area contributed by atoms with E-state index in [2.05, 4.69) is 5.92 Å². The van der Waals surface area contributed by atoms with Gasteiger partial charge in [0.2, 0.25) is 0 Å². The Balaban J connectivity index is 2.69. The lowest BCUT2D eigenvalue weighted by Crippen LogP contribution is -2.37. The summed E-state index contributed by atoms with van der Waals surface area (Å²) in [5.74, 6) is 2.46. The SMILES string of the molecule is C#CCN(CC=Cc1ccccc1Cl)C(=O)OC(C)(C)C. The van der Waals surface area contributed by atoms with Crippen molar-refractivity contribution in [2.45, 2.75) is 26.4 Å². The molecule has 0 fully saturated rings. The lowest BCUT2D eigenvalue weighted by atomic mass is 10.2. The number of halogens is 1. The fourth-order valence-electron chi connectivity index (χ4n) is 1.56. The largest absolute Gasteiger partial charge is 0.444 e. The van der Waals surface area contributed by atoms with Crippen LogP contribution in [0.5, 0.6) is 0 Å². The highest BCUT2D eigenvalue weighted by atomic mass is 35.5. The molecular formula is C17H20ClNO2. The van der Waals surface area contributed by atoms with E-state index in [-0.39, 0.29) is 6.54 Å². The lowest BCUT2D eigenvalue weighted by Gasteiger charge is -2.25. The number of amides is 1. The molecule has 0 radical (unpaired) electrons. The maximum absolute atomic E-state index is 12.0. The molecule has 1 aromatic rings. The lowest BCUT2D eigenvalue weighted by molar-refractivity contribution is 0.0296. The van der Waals surface area contributed by atoms with Crippen molar-refractivity contribution >= 4 is 23.8 Å². The number of hydrogen-bond acceptors (Lipinski definition) is 2. The van der Waals surface area contributed by atoms with Gasteiger partial charge in [-0.05, 0) is 32.4 Å². The van der Waals surface area contributed by atoms with Crippen molar-refractivity contribution in [3.8, 4) is 12.3 Å². The van der Waals surface area contributed by atoms with E-state index in [1.165, 1.54) is 4.90 Å². The van der Waals surface area contributed by atoms with Gasteiger partial charge in [-0.25, -0.2) is 4.79 Å². The minimum atomic E-state index is -0.545. The van der Waals surface area contributed by atoms with E-state index in [4.69, 9.17) is 22.8 Å². The van der Waals surface area contributed by atoms with Crippen LogP contribution < -0.4 is 0 Å². The number of nitrogens with zero attached hydrogens (tertiary/aromatic N) is 1. The van der Waals surface area contributed by atoms with Gasteiger partial charge in [-0.3, -0.25) is 4.90 Å². The van der Waals surface area contributed by atoms with Crippen LogP contribution in [0.25, 0.3) is 6.08 Å². The van der Waals surface area contributed by atoms with Crippen LogP contribution in [0.1, 0.15) is 26.3 Å². The van der Waals surface area contributed by atoms with Crippen LogP contribution in [0.4, 0.5) is 4.79 Å². The minimum Gasteiger partial charge on any atom is -0.444 e. The third-order valence-corrected chi connectivity index (χ3v) is 2.81. The molecule has 0 aliphatic rings. The molecule has 1 aromatic carbocycles. The molecule has 0 saturated heterocycles. The van der Waals surface area contributed by atoms with Gasteiger partial charge >= 0.3 is 6.09 Å². The molecule has 0 atom stereocenters. The van der Waals surface area contributed by atoms with Crippen LogP contribution in [-0.4, -0.2) is 29.7 Å². The third kappa shape index (κ3) is 6.37.